The van der Waals surface area contributed by atoms with Gasteiger partial charge in [0.15, 0.2) is 5.96 Å². The average molecular weight is 299 g/mol. The fraction of sp³-hybridized carbons (Fsp3) is 0. The van der Waals surface area contributed by atoms with Gasteiger partial charge in [0, 0.05) is 0 Å². The number of carbonyl (C=O) groups is 2. The summed E-state index contributed by atoms with van der Waals surface area (Å²) < 4.78 is 5.11. The van der Waals surface area contributed by atoms with Gasteiger partial charge in [-0.1, -0.05) is 12.1 Å². The smallest absolute Gasteiger partial charge is 0.343 e. The third kappa shape index (κ3) is 3.60. The second-order valence-electron chi connectivity index (χ2n) is 4.27. The number of aromatic carboxylic acids is 1. The Hall–Kier alpha value is -3.35. The van der Waals surface area contributed by atoms with Crippen LogP contribution in [0.4, 0.5) is 5.69 Å². The van der Waals surface area contributed by atoms with Crippen molar-refractivity contribution in [3.63, 3.8) is 0 Å². The topological polar surface area (TPSA) is 128 Å². The number of guanidine groups is 1. The number of ether oxygens (including phenoxy) is 1. The van der Waals surface area contributed by atoms with E-state index in [1.807, 2.05) is 0 Å². The quantitative estimate of drug-likeness (QED) is 0.340. The predicted molar refractivity (Wildman–Crippen MR) is 80.3 cm³/mol. The van der Waals surface area contributed by atoms with Gasteiger partial charge >= 0.3 is 11.9 Å². The fourth-order valence-corrected chi connectivity index (χ4v) is 1.71. The number of hydrogen-bond donors (Lipinski definition) is 3. The molecular formula is C15H13N3O4. The monoisotopic (exact) mass is 299 g/mol. The highest BCUT2D eigenvalue weighted by atomic mass is 16.5. The Balaban J connectivity index is 2.19. The highest BCUT2D eigenvalue weighted by Crippen LogP contribution is 2.20. The Morgan fingerprint density at radius 2 is 1.64 bits per heavy atom. The molecule has 0 amide bonds. The molecule has 0 atom stereocenters. The van der Waals surface area contributed by atoms with Crippen molar-refractivity contribution in [3.05, 3.63) is 59.7 Å². The molecule has 0 aliphatic heterocycles. The first-order valence-electron chi connectivity index (χ1n) is 6.21. The summed E-state index contributed by atoms with van der Waals surface area (Å²) in [6.07, 6.45) is 0. The Morgan fingerprint density at radius 1 is 1.00 bits per heavy atom. The first kappa shape index (κ1) is 15.0. The SMILES string of the molecule is NC(N)=Nc1ccc(C(=O)Oc2ccccc2C(=O)O)cc1. The second kappa shape index (κ2) is 6.40. The van der Waals surface area contributed by atoms with Gasteiger partial charge in [0.05, 0.1) is 11.3 Å². The van der Waals surface area contributed by atoms with Gasteiger partial charge < -0.3 is 21.3 Å². The molecule has 0 bridgehead atoms. The van der Waals surface area contributed by atoms with Crippen LogP contribution in [0.1, 0.15) is 20.7 Å². The van der Waals surface area contributed by atoms with Crippen molar-refractivity contribution in [1.29, 1.82) is 0 Å². The van der Waals surface area contributed by atoms with E-state index in [9.17, 15) is 9.59 Å². The van der Waals surface area contributed by atoms with Gasteiger partial charge in [-0.15, -0.1) is 0 Å². The number of nitrogens with zero attached hydrogens (tertiary/aromatic N) is 1. The number of esters is 1. The molecule has 0 saturated carbocycles. The van der Waals surface area contributed by atoms with E-state index in [4.69, 9.17) is 21.3 Å². The summed E-state index contributed by atoms with van der Waals surface area (Å²) >= 11 is 0. The molecule has 0 spiro atoms. The summed E-state index contributed by atoms with van der Waals surface area (Å²) in [6.45, 7) is 0. The molecular weight excluding hydrogens is 286 g/mol. The molecule has 7 heteroatoms. The second-order valence-corrected chi connectivity index (χ2v) is 4.27. The van der Waals surface area contributed by atoms with E-state index < -0.39 is 11.9 Å². The number of hydrogen-bond acceptors (Lipinski definition) is 4. The lowest BCUT2D eigenvalue weighted by Crippen LogP contribution is -2.21. The first-order chi connectivity index (χ1) is 10.5. The summed E-state index contributed by atoms with van der Waals surface area (Å²) in [5.74, 6) is -1.96. The predicted octanol–water partition coefficient (Wildman–Crippen LogP) is 1.51. The number of carboxylic acids is 1. The minimum Gasteiger partial charge on any atom is -0.478 e. The Bertz CT molecular complexity index is 735. The summed E-state index contributed by atoms with van der Waals surface area (Å²) in [6, 6.07) is 11.9. The zero-order chi connectivity index (χ0) is 16.1. The van der Waals surface area contributed by atoms with Gasteiger partial charge in [-0.2, -0.15) is 0 Å². The van der Waals surface area contributed by atoms with Crippen LogP contribution in [0.25, 0.3) is 0 Å². The van der Waals surface area contributed by atoms with E-state index >= 15 is 0 Å². The first-order valence-corrected chi connectivity index (χ1v) is 6.21. The third-order valence-corrected chi connectivity index (χ3v) is 2.68. The minimum atomic E-state index is -1.17. The van der Waals surface area contributed by atoms with Crippen LogP contribution < -0.4 is 16.2 Å². The molecule has 2 rings (SSSR count). The molecule has 0 saturated heterocycles. The van der Waals surface area contributed by atoms with Gasteiger partial charge in [-0.05, 0) is 36.4 Å². The fourth-order valence-electron chi connectivity index (χ4n) is 1.71. The molecule has 22 heavy (non-hydrogen) atoms. The van der Waals surface area contributed by atoms with E-state index in [0.29, 0.717) is 5.69 Å². The van der Waals surface area contributed by atoms with Gasteiger partial charge in [-0.3, -0.25) is 0 Å². The normalized spacial score (nSPS) is 9.82. The van der Waals surface area contributed by atoms with E-state index in [1.54, 1.807) is 24.3 Å². The maximum absolute atomic E-state index is 12.0. The number of carboxylic acid groups (broad SMARTS) is 1. The van der Waals surface area contributed by atoms with Crippen LogP contribution in [-0.4, -0.2) is 23.0 Å². The van der Waals surface area contributed by atoms with Gasteiger partial charge in [0.1, 0.15) is 11.3 Å². The highest BCUT2D eigenvalue weighted by molar-refractivity contribution is 5.95. The lowest BCUT2D eigenvalue weighted by Gasteiger charge is -2.07. The van der Waals surface area contributed by atoms with Crippen LogP contribution in [0.2, 0.25) is 0 Å². The van der Waals surface area contributed by atoms with Crippen molar-refractivity contribution in [3.8, 4) is 5.75 Å². The summed E-state index contributed by atoms with van der Waals surface area (Å²) in [4.78, 5) is 26.9. The maximum Gasteiger partial charge on any atom is 0.343 e. The zero-order valence-electron chi connectivity index (χ0n) is 11.4. The van der Waals surface area contributed by atoms with Gasteiger partial charge in [0.2, 0.25) is 0 Å². The number of benzene rings is 2. The van der Waals surface area contributed by atoms with Crippen molar-refractivity contribution in [1.82, 2.24) is 0 Å². The van der Waals surface area contributed by atoms with E-state index in [0.717, 1.165) is 0 Å². The van der Waals surface area contributed by atoms with Crippen LogP contribution in [0.3, 0.4) is 0 Å². The molecule has 0 fully saturated rings. The Labute approximate surface area is 125 Å². The minimum absolute atomic E-state index is 0.0201. The van der Waals surface area contributed by atoms with Crippen molar-refractivity contribution < 1.29 is 19.4 Å². The van der Waals surface area contributed by atoms with Crippen LogP contribution in [0, 0.1) is 0 Å². The molecule has 2 aromatic rings. The lowest BCUT2D eigenvalue weighted by molar-refractivity contribution is 0.0681. The average Bonchev–Trinajstić information content (AvgIpc) is 2.47. The largest absolute Gasteiger partial charge is 0.478 e. The molecule has 112 valence electrons. The molecule has 2 aromatic carbocycles. The standard InChI is InChI=1S/C15H13N3O4/c16-15(17)18-10-7-5-9(6-8-10)14(21)22-12-4-2-1-3-11(12)13(19)20/h1-8H,(H,19,20)(H4,16,17,18). The summed E-state index contributed by atoms with van der Waals surface area (Å²) in [5, 5.41) is 9.04. The molecule has 0 aliphatic carbocycles. The van der Waals surface area contributed by atoms with Crippen molar-refractivity contribution in [2.24, 2.45) is 16.5 Å². The van der Waals surface area contributed by atoms with Crippen molar-refractivity contribution in [2.45, 2.75) is 0 Å². The van der Waals surface area contributed by atoms with Crippen molar-refractivity contribution >= 4 is 23.6 Å². The van der Waals surface area contributed by atoms with E-state index in [1.165, 1.54) is 24.3 Å². The van der Waals surface area contributed by atoms with E-state index in [2.05, 4.69) is 4.99 Å². The number of carbonyl (C=O) groups excluding carboxylic acids is 1. The number of aliphatic imine (C=N–C) groups is 1. The molecule has 0 aromatic heterocycles. The Kier molecular flexibility index (Phi) is 4.38. The number of para-hydroxylation sites is 1. The maximum atomic E-state index is 12.0. The van der Waals surface area contributed by atoms with Crippen LogP contribution in [0.15, 0.2) is 53.5 Å². The lowest BCUT2D eigenvalue weighted by atomic mass is 10.2. The molecule has 7 nitrogen and oxygen atoms in total. The summed E-state index contributed by atoms with van der Waals surface area (Å²) in [7, 11) is 0. The molecule has 0 radical (unpaired) electrons. The molecule has 0 heterocycles. The highest BCUT2D eigenvalue weighted by Gasteiger charge is 2.15. The number of rotatable bonds is 4. The van der Waals surface area contributed by atoms with Crippen LogP contribution in [0.5, 0.6) is 5.75 Å². The van der Waals surface area contributed by atoms with Gasteiger partial charge in [0.25, 0.3) is 0 Å². The molecule has 5 N–H and O–H groups in total. The van der Waals surface area contributed by atoms with E-state index in [-0.39, 0.29) is 22.8 Å². The number of nitrogens with two attached hydrogens (primary N) is 2. The molecule has 0 unspecified atom stereocenters. The Morgan fingerprint density at radius 3 is 2.23 bits per heavy atom. The molecule has 0 aliphatic rings. The summed E-state index contributed by atoms with van der Waals surface area (Å²) in [5.41, 5.74) is 11.1. The van der Waals surface area contributed by atoms with Crippen molar-refractivity contribution in [2.75, 3.05) is 0 Å². The van der Waals surface area contributed by atoms with Crippen LogP contribution in [-0.2, 0) is 0 Å². The third-order valence-electron chi connectivity index (χ3n) is 2.68. The van der Waals surface area contributed by atoms with Gasteiger partial charge in [-0.25, -0.2) is 14.6 Å². The zero-order valence-corrected chi connectivity index (χ0v) is 11.4. The van der Waals surface area contributed by atoms with Crippen LogP contribution >= 0.6 is 0 Å².